The number of aliphatic hydroxyl groups excluding tert-OH is 1. The minimum Gasteiger partial charge on any atom is -0.507 e. The summed E-state index contributed by atoms with van der Waals surface area (Å²) in [5, 5.41) is 11.1. The first-order valence-electron chi connectivity index (χ1n) is 10.8. The van der Waals surface area contributed by atoms with E-state index in [9.17, 15) is 14.7 Å². The zero-order valence-electron chi connectivity index (χ0n) is 19.1. The van der Waals surface area contributed by atoms with Crippen LogP contribution in [-0.4, -0.2) is 42.5 Å². The molecule has 1 atom stereocenters. The van der Waals surface area contributed by atoms with Gasteiger partial charge in [-0.25, -0.2) is 0 Å². The predicted octanol–water partition coefficient (Wildman–Crippen LogP) is 5.89. The maximum absolute atomic E-state index is 13.2. The number of ketones is 1. The van der Waals surface area contributed by atoms with Gasteiger partial charge in [0, 0.05) is 21.1 Å². The molecule has 3 aromatic rings. The Kier molecular flexibility index (Phi) is 7.62. The van der Waals surface area contributed by atoms with Crippen LogP contribution in [0.3, 0.4) is 0 Å². The third-order valence-corrected chi connectivity index (χ3v) is 6.99. The summed E-state index contributed by atoms with van der Waals surface area (Å²) >= 11 is 6.81. The maximum atomic E-state index is 13.2. The second-order valence-corrected chi connectivity index (χ2v) is 9.82. The second-order valence-electron chi connectivity index (χ2n) is 7.99. The Labute approximate surface area is 220 Å². The van der Waals surface area contributed by atoms with Gasteiger partial charge in [0.2, 0.25) is 0 Å². The van der Waals surface area contributed by atoms with E-state index in [1.165, 1.54) is 4.90 Å². The Morgan fingerprint density at radius 3 is 2.09 bits per heavy atom. The Bertz CT molecular complexity index is 1290. The number of hydrogen-bond donors (Lipinski definition) is 1. The van der Waals surface area contributed by atoms with Crippen LogP contribution in [0.1, 0.15) is 22.7 Å². The molecule has 0 radical (unpaired) electrons. The third-order valence-electron chi connectivity index (χ3n) is 5.93. The molecule has 0 saturated carbocycles. The zero-order chi connectivity index (χ0) is 25.1. The molecule has 1 aliphatic rings. The highest BCUT2D eigenvalue weighted by atomic mass is 79.9. The monoisotopic (exact) mass is 599 g/mol. The summed E-state index contributed by atoms with van der Waals surface area (Å²) in [5.74, 6) is -0.340. The highest BCUT2D eigenvalue weighted by Gasteiger charge is 2.45. The van der Waals surface area contributed by atoms with Crippen molar-refractivity contribution in [2.24, 2.45) is 0 Å². The van der Waals surface area contributed by atoms with Crippen molar-refractivity contribution in [3.63, 3.8) is 0 Å². The molecule has 35 heavy (non-hydrogen) atoms. The van der Waals surface area contributed by atoms with Crippen LogP contribution in [0.4, 0.5) is 0 Å². The Hall–Kier alpha value is -3.10. The number of likely N-dealkylation sites (tertiary alicyclic amines) is 1. The van der Waals surface area contributed by atoms with Gasteiger partial charge < -0.3 is 19.5 Å². The van der Waals surface area contributed by atoms with Crippen molar-refractivity contribution in [3.8, 4) is 11.5 Å². The average Bonchev–Trinajstić information content (AvgIpc) is 3.12. The number of hydrogen-bond acceptors (Lipinski definition) is 5. The SMILES string of the molecule is COc1ccc(CCN2C(=O)C(=O)C(=C(O)c3ccc(Br)cc3)[C@H]2c2ccc(Br)cc2)cc1OC. The molecule has 0 aromatic heterocycles. The van der Waals surface area contributed by atoms with Crippen LogP contribution in [0.5, 0.6) is 11.5 Å². The van der Waals surface area contributed by atoms with Crippen molar-refractivity contribution < 1.29 is 24.2 Å². The van der Waals surface area contributed by atoms with Crippen molar-refractivity contribution >= 4 is 49.3 Å². The number of ether oxygens (including phenoxy) is 2. The first-order chi connectivity index (χ1) is 16.8. The van der Waals surface area contributed by atoms with E-state index in [1.54, 1.807) is 38.5 Å². The smallest absolute Gasteiger partial charge is 0.295 e. The molecular formula is C27H23Br2NO5. The van der Waals surface area contributed by atoms with Gasteiger partial charge in [0.05, 0.1) is 25.8 Å². The highest BCUT2D eigenvalue weighted by Crippen LogP contribution is 2.40. The topological polar surface area (TPSA) is 76.1 Å². The van der Waals surface area contributed by atoms with Crippen LogP contribution in [0.2, 0.25) is 0 Å². The summed E-state index contributed by atoms with van der Waals surface area (Å²) in [5.41, 5.74) is 2.20. The van der Waals surface area contributed by atoms with Gasteiger partial charge in [-0.15, -0.1) is 0 Å². The lowest BCUT2D eigenvalue weighted by molar-refractivity contribution is -0.139. The summed E-state index contributed by atoms with van der Waals surface area (Å²) in [7, 11) is 3.14. The summed E-state index contributed by atoms with van der Waals surface area (Å²) in [6.07, 6.45) is 0.485. The van der Waals surface area contributed by atoms with Gasteiger partial charge in [-0.2, -0.15) is 0 Å². The van der Waals surface area contributed by atoms with Crippen LogP contribution in [0.25, 0.3) is 5.76 Å². The summed E-state index contributed by atoms with van der Waals surface area (Å²) in [4.78, 5) is 27.9. The molecule has 8 heteroatoms. The number of rotatable bonds is 7. The molecule has 1 saturated heterocycles. The van der Waals surface area contributed by atoms with Gasteiger partial charge >= 0.3 is 0 Å². The van der Waals surface area contributed by atoms with Gasteiger partial charge in [0.1, 0.15) is 5.76 Å². The Morgan fingerprint density at radius 1 is 0.886 bits per heavy atom. The fraction of sp³-hybridized carbons (Fsp3) is 0.185. The molecule has 1 amide bonds. The summed E-state index contributed by atoms with van der Waals surface area (Å²) < 4.78 is 12.4. The van der Waals surface area contributed by atoms with Crippen molar-refractivity contribution in [2.75, 3.05) is 20.8 Å². The molecule has 0 spiro atoms. The largest absolute Gasteiger partial charge is 0.507 e. The van der Waals surface area contributed by atoms with Gasteiger partial charge in [-0.1, -0.05) is 62.2 Å². The van der Waals surface area contributed by atoms with Gasteiger partial charge in [-0.05, 0) is 53.9 Å². The van der Waals surface area contributed by atoms with E-state index < -0.39 is 17.7 Å². The number of nitrogens with zero attached hydrogens (tertiary/aromatic N) is 1. The van der Waals surface area contributed by atoms with Crippen LogP contribution >= 0.6 is 31.9 Å². The lowest BCUT2D eigenvalue weighted by Crippen LogP contribution is -2.31. The molecule has 180 valence electrons. The van der Waals surface area contributed by atoms with E-state index >= 15 is 0 Å². The predicted molar refractivity (Wildman–Crippen MR) is 141 cm³/mol. The molecule has 1 aliphatic heterocycles. The van der Waals surface area contributed by atoms with E-state index in [1.807, 2.05) is 42.5 Å². The fourth-order valence-corrected chi connectivity index (χ4v) is 4.68. The normalized spacial score (nSPS) is 17.0. The van der Waals surface area contributed by atoms with E-state index in [4.69, 9.17) is 9.47 Å². The first kappa shape index (κ1) is 25.0. The number of halogens is 2. The zero-order valence-corrected chi connectivity index (χ0v) is 22.3. The van der Waals surface area contributed by atoms with Crippen LogP contribution in [0.15, 0.2) is 81.2 Å². The molecule has 0 aliphatic carbocycles. The van der Waals surface area contributed by atoms with E-state index in [-0.39, 0.29) is 17.9 Å². The van der Waals surface area contributed by atoms with Crippen molar-refractivity contribution in [3.05, 3.63) is 97.9 Å². The Morgan fingerprint density at radius 2 is 1.49 bits per heavy atom. The lowest BCUT2D eigenvalue weighted by atomic mass is 9.95. The lowest BCUT2D eigenvalue weighted by Gasteiger charge is -2.25. The highest BCUT2D eigenvalue weighted by molar-refractivity contribution is 9.10. The first-order valence-corrected chi connectivity index (χ1v) is 12.4. The van der Waals surface area contributed by atoms with Gasteiger partial charge in [-0.3, -0.25) is 9.59 Å². The summed E-state index contributed by atoms with van der Waals surface area (Å²) in [6.45, 7) is 0.276. The number of amides is 1. The minimum atomic E-state index is -0.716. The standard InChI is InChI=1S/C27H23Br2NO5/c1-34-21-12-3-16(15-22(21)35-2)13-14-30-24(17-4-8-19(28)9-5-17)23(26(32)27(30)33)25(31)18-6-10-20(29)11-7-18/h3-12,15,24,31H,13-14H2,1-2H3/t24-/m1/s1. The third kappa shape index (κ3) is 5.13. The molecule has 4 rings (SSSR count). The molecule has 1 N–H and O–H groups in total. The molecule has 6 nitrogen and oxygen atoms in total. The second kappa shape index (κ2) is 10.7. The fourth-order valence-electron chi connectivity index (χ4n) is 4.15. The van der Waals surface area contributed by atoms with E-state index in [2.05, 4.69) is 31.9 Å². The van der Waals surface area contributed by atoms with Gasteiger partial charge in [0.25, 0.3) is 11.7 Å². The maximum Gasteiger partial charge on any atom is 0.295 e. The molecule has 0 unspecified atom stereocenters. The average molecular weight is 601 g/mol. The molecular weight excluding hydrogens is 578 g/mol. The molecule has 0 bridgehead atoms. The van der Waals surface area contributed by atoms with Crippen molar-refractivity contribution in [1.29, 1.82) is 0 Å². The minimum absolute atomic E-state index is 0.0759. The van der Waals surface area contributed by atoms with E-state index in [0.717, 1.165) is 20.1 Å². The quantitative estimate of drug-likeness (QED) is 0.208. The van der Waals surface area contributed by atoms with Crippen molar-refractivity contribution in [2.45, 2.75) is 12.5 Å². The molecule has 3 aromatic carbocycles. The molecule has 1 heterocycles. The van der Waals surface area contributed by atoms with Gasteiger partial charge in [0.15, 0.2) is 11.5 Å². The number of Topliss-reactive ketones (excluding diaryl/α,β-unsaturated/α-hetero) is 1. The van der Waals surface area contributed by atoms with E-state index in [0.29, 0.717) is 23.5 Å². The number of benzene rings is 3. The molecule has 1 fully saturated rings. The number of carbonyl (C=O) groups is 2. The van der Waals surface area contributed by atoms with Crippen LogP contribution in [-0.2, 0) is 16.0 Å². The number of methoxy groups -OCH3 is 2. The Balaban J connectivity index is 1.73. The number of carbonyl (C=O) groups excluding carboxylic acids is 2. The number of aliphatic hydroxyl groups is 1. The summed E-state index contributed by atoms with van der Waals surface area (Å²) in [6, 6.07) is 19.2. The van der Waals surface area contributed by atoms with Crippen LogP contribution in [0, 0.1) is 0 Å². The van der Waals surface area contributed by atoms with Crippen molar-refractivity contribution in [1.82, 2.24) is 4.90 Å². The van der Waals surface area contributed by atoms with Crippen LogP contribution < -0.4 is 9.47 Å².